The van der Waals surface area contributed by atoms with Gasteiger partial charge in [0.1, 0.15) is 5.75 Å². The number of carbonyl (C=O) groups is 1. The van der Waals surface area contributed by atoms with Crippen LogP contribution in [0.1, 0.15) is 5.69 Å². The van der Waals surface area contributed by atoms with E-state index in [0.717, 1.165) is 27.5 Å². The number of benzene rings is 2. The molecule has 8 heteroatoms. The first-order valence-corrected chi connectivity index (χ1v) is 10.5. The normalized spacial score (nSPS) is 12.8. The van der Waals surface area contributed by atoms with Gasteiger partial charge in [-0.25, -0.2) is 9.97 Å². The van der Waals surface area contributed by atoms with Crippen molar-refractivity contribution in [3.63, 3.8) is 0 Å². The number of nitrogens with zero attached hydrogens (tertiary/aromatic N) is 4. The molecule has 0 saturated carbocycles. The maximum Gasteiger partial charge on any atom is 0.265 e. The molecule has 0 fully saturated rings. The SMILES string of the molecule is O=C1COc2ccc(-c3ccnc(Nc4ccc(S)cc4)n3)cc2N1Cc1ccccn1. The van der Waals surface area contributed by atoms with Crippen LogP contribution in [0.25, 0.3) is 11.3 Å². The molecule has 4 aromatic rings. The van der Waals surface area contributed by atoms with E-state index < -0.39 is 0 Å². The van der Waals surface area contributed by atoms with E-state index in [2.05, 4.69) is 32.9 Å². The molecule has 3 heterocycles. The number of hydrogen-bond donors (Lipinski definition) is 2. The Labute approximate surface area is 190 Å². The van der Waals surface area contributed by atoms with Crippen molar-refractivity contribution >= 4 is 35.9 Å². The quantitative estimate of drug-likeness (QED) is 0.444. The van der Waals surface area contributed by atoms with Crippen LogP contribution in [0.5, 0.6) is 5.75 Å². The molecular weight excluding hydrogens is 422 g/mol. The number of aromatic nitrogens is 3. The van der Waals surface area contributed by atoms with Crippen LogP contribution < -0.4 is 15.0 Å². The van der Waals surface area contributed by atoms with Gasteiger partial charge in [0.15, 0.2) is 6.61 Å². The van der Waals surface area contributed by atoms with E-state index >= 15 is 0 Å². The number of thiol groups is 1. The lowest BCUT2D eigenvalue weighted by molar-refractivity contribution is -0.121. The molecule has 0 atom stereocenters. The number of anilines is 3. The van der Waals surface area contributed by atoms with E-state index in [0.29, 0.717) is 23.9 Å². The Hall–Kier alpha value is -3.91. The van der Waals surface area contributed by atoms with Crippen molar-refractivity contribution < 1.29 is 9.53 Å². The van der Waals surface area contributed by atoms with Crippen molar-refractivity contribution in [2.24, 2.45) is 0 Å². The first-order valence-electron chi connectivity index (χ1n) is 10.0. The summed E-state index contributed by atoms with van der Waals surface area (Å²) in [4.78, 5) is 28.5. The summed E-state index contributed by atoms with van der Waals surface area (Å²) in [6.45, 7) is 0.378. The predicted molar refractivity (Wildman–Crippen MR) is 125 cm³/mol. The molecule has 0 radical (unpaired) electrons. The number of hydrogen-bond acceptors (Lipinski definition) is 7. The average molecular weight is 442 g/mol. The summed E-state index contributed by atoms with van der Waals surface area (Å²) < 4.78 is 5.64. The molecule has 1 aliphatic heterocycles. The number of carbonyl (C=O) groups excluding carboxylic acids is 1. The van der Waals surface area contributed by atoms with Crippen LogP contribution in [-0.2, 0) is 11.3 Å². The van der Waals surface area contributed by atoms with Gasteiger partial charge < -0.3 is 10.1 Å². The van der Waals surface area contributed by atoms with E-state index in [9.17, 15) is 4.79 Å². The second-order valence-electron chi connectivity index (χ2n) is 7.21. The number of ether oxygens (including phenoxy) is 1. The largest absolute Gasteiger partial charge is 0.482 e. The van der Waals surface area contributed by atoms with Crippen LogP contribution in [0.2, 0.25) is 0 Å². The summed E-state index contributed by atoms with van der Waals surface area (Å²) in [6.07, 6.45) is 3.42. The van der Waals surface area contributed by atoms with Crippen LogP contribution in [0.3, 0.4) is 0 Å². The summed E-state index contributed by atoms with van der Waals surface area (Å²) in [5, 5.41) is 3.20. The number of fused-ring (bicyclic) bond motifs is 1. The van der Waals surface area contributed by atoms with Gasteiger partial charge in [0.25, 0.3) is 5.91 Å². The number of amides is 1. The molecule has 1 N–H and O–H groups in total. The zero-order chi connectivity index (χ0) is 21.9. The molecule has 2 aromatic carbocycles. The van der Waals surface area contributed by atoms with Crippen LogP contribution >= 0.6 is 12.6 Å². The standard InChI is InChI=1S/C24H19N5O2S/c30-23-15-31-22-9-4-16(13-21(22)29(23)14-18-3-1-2-11-25-18)20-10-12-26-24(28-20)27-17-5-7-19(32)8-6-17/h1-13,32H,14-15H2,(H,26,27,28). The Morgan fingerprint density at radius 2 is 1.88 bits per heavy atom. The van der Waals surface area contributed by atoms with Crippen LogP contribution in [-0.4, -0.2) is 27.5 Å². The summed E-state index contributed by atoms with van der Waals surface area (Å²) in [5.74, 6) is 1.02. The maximum absolute atomic E-state index is 12.6. The summed E-state index contributed by atoms with van der Waals surface area (Å²) >= 11 is 4.31. The lowest BCUT2D eigenvalue weighted by atomic mass is 10.1. The minimum atomic E-state index is -0.113. The molecule has 1 aliphatic rings. The van der Waals surface area contributed by atoms with Crippen molar-refractivity contribution in [1.29, 1.82) is 0 Å². The van der Waals surface area contributed by atoms with Gasteiger partial charge in [-0.15, -0.1) is 12.6 Å². The Kier molecular flexibility index (Phi) is 5.43. The Morgan fingerprint density at radius 3 is 2.69 bits per heavy atom. The second-order valence-corrected chi connectivity index (χ2v) is 7.73. The van der Waals surface area contributed by atoms with Gasteiger partial charge in [-0.2, -0.15) is 0 Å². The molecular formula is C24H19N5O2S. The van der Waals surface area contributed by atoms with Gasteiger partial charge >= 0.3 is 0 Å². The molecule has 5 rings (SSSR count). The molecule has 32 heavy (non-hydrogen) atoms. The zero-order valence-corrected chi connectivity index (χ0v) is 17.9. The first kappa shape index (κ1) is 20.0. The molecule has 7 nitrogen and oxygen atoms in total. The molecule has 0 unspecified atom stereocenters. The Morgan fingerprint density at radius 1 is 1.00 bits per heavy atom. The monoisotopic (exact) mass is 441 g/mol. The van der Waals surface area contributed by atoms with E-state index in [4.69, 9.17) is 4.74 Å². The molecule has 0 saturated heterocycles. The topological polar surface area (TPSA) is 80.2 Å². The molecule has 0 aliphatic carbocycles. The van der Waals surface area contributed by atoms with Crippen molar-refractivity contribution in [2.75, 3.05) is 16.8 Å². The van der Waals surface area contributed by atoms with Gasteiger partial charge in [0.2, 0.25) is 5.95 Å². The highest BCUT2D eigenvalue weighted by Gasteiger charge is 2.26. The smallest absolute Gasteiger partial charge is 0.265 e. The fraction of sp³-hybridized carbons (Fsp3) is 0.0833. The molecule has 0 bridgehead atoms. The predicted octanol–water partition coefficient (Wildman–Crippen LogP) is 4.50. The number of nitrogens with one attached hydrogen (secondary N) is 1. The third kappa shape index (κ3) is 4.26. The zero-order valence-electron chi connectivity index (χ0n) is 17.0. The highest BCUT2D eigenvalue weighted by molar-refractivity contribution is 7.80. The number of rotatable bonds is 5. The molecule has 0 spiro atoms. The Balaban J connectivity index is 1.45. The van der Waals surface area contributed by atoms with Gasteiger partial charge in [0.05, 0.1) is 23.6 Å². The van der Waals surface area contributed by atoms with Gasteiger partial charge in [-0.3, -0.25) is 14.7 Å². The van der Waals surface area contributed by atoms with Crippen molar-refractivity contribution in [2.45, 2.75) is 11.4 Å². The average Bonchev–Trinajstić information content (AvgIpc) is 2.83. The summed E-state index contributed by atoms with van der Waals surface area (Å²) in [5.41, 5.74) is 3.95. The highest BCUT2D eigenvalue weighted by atomic mass is 32.1. The Bertz CT molecular complexity index is 1270. The van der Waals surface area contributed by atoms with Gasteiger partial charge in [-0.05, 0) is 60.7 Å². The van der Waals surface area contributed by atoms with Gasteiger partial charge in [0, 0.05) is 28.5 Å². The minimum Gasteiger partial charge on any atom is -0.482 e. The molecule has 158 valence electrons. The fourth-order valence-corrected chi connectivity index (χ4v) is 3.59. The highest BCUT2D eigenvalue weighted by Crippen LogP contribution is 2.36. The van der Waals surface area contributed by atoms with Crippen LogP contribution in [0.15, 0.2) is 84.0 Å². The summed E-state index contributed by atoms with van der Waals surface area (Å²) in [7, 11) is 0. The second kappa shape index (κ2) is 8.68. The fourth-order valence-electron chi connectivity index (χ4n) is 3.44. The van der Waals surface area contributed by atoms with Crippen molar-refractivity contribution in [1.82, 2.24) is 15.0 Å². The van der Waals surface area contributed by atoms with Gasteiger partial charge in [-0.1, -0.05) is 6.07 Å². The lowest BCUT2D eigenvalue weighted by Gasteiger charge is -2.29. The third-order valence-electron chi connectivity index (χ3n) is 5.02. The van der Waals surface area contributed by atoms with E-state index in [1.54, 1.807) is 17.3 Å². The molecule has 1 amide bonds. The maximum atomic E-state index is 12.6. The van der Waals surface area contributed by atoms with Crippen molar-refractivity contribution in [3.8, 4) is 17.0 Å². The lowest BCUT2D eigenvalue weighted by Crippen LogP contribution is -2.38. The van der Waals surface area contributed by atoms with E-state index in [1.807, 2.05) is 66.7 Å². The third-order valence-corrected chi connectivity index (χ3v) is 5.32. The summed E-state index contributed by atoms with van der Waals surface area (Å²) in [6, 6.07) is 20.8. The van der Waals surface area contributed by atoms with Crippen LogP contribution in [0.4, 0.5) is 17.3 Å². The van der Waals surface area contributed by atoms with Crippen LogP contribution in [0, 0.1) is 0 Å². The first-order chi connectivity index (χ1) is 15.7. The van der Waals surface area contributed by atoms with Crippen molar-refractivity contribution in [3.05, 3.63) is 84.8 Å². The van der Waals surface area contributed by atoms with E-state index in [-0.39, 0.29) is 12.5 Å². The molecule has 2 aromatic heterocycles. The van der Waals surface area contributed by atoms with E-state index in [1.165, 1.54) is 0 Å². The number of pyridine rings is 1. The minimum absolute atomic E-state index is 0.00578.